The predicted molar refractivity (Wildman–Crippen MR) is 78.7 cm³/mol. The Morgan fingerprint density at radius 3 is 2.86 bits per heavy atom. The number of alkyl carbamates (subject to hydrolysis) is 1. The minimum Gasteiger partial charge on any atom is -0.489 e. The van der Waals surface area contributed by atoms with Crippen molar-refractivity contribution in [3.63, 3.8) is 0 Å². The average molecular weight is 313 g/mol. The van der Waals surface area contributed by atoms with Gasteiger partial charge in [-0.25, -0.2) is 4.79 Å². The molecule has 0 radical (unpaired) electrons. The summed E-state index contributed by atoms with van der Waals surface area (Å²) in [7, 11) is 0. The first-order valence-electron chi connectivity index (χ1n) is 6.47. The number of carbonyl (C=O) groups is 2. The van der Waals surface area contributed by atoms with Crippen LogP contribution in [0.5, 0.6) is 5.75 Å². The van der Waals surface area contributed by atoms with Crippen LogP contribution in [0.4, 0.5) is 10.5 Å². The molecule has 0 spiro atoms. The van der Waals surface area contributed by atoms with Gasteiger partial charge in [-0.3, -0.25) is 4.79 Å². The van der Waals surface area contributed by atoms with Gasteiger partial charge in [0, 0.05) is 5.02 Å². The monoisotopic (exact) mass is 312 g/mol. The highest BCUT2D eigenvalue weighted by Gasteiger charge is 2.28. The Kier molecular flexibility index (Phi) is 4.27. The number of halogens is 1. The summed E-state index contributed by atoms with van der Waals surface area (Å²) >= 11 is 5.87. The topological polar surface area (TPSA) is 76.7 Å². The van der Waals surface area contributed by atoms with Gasteiger partial charge in [0.25, 0.3) is 5.91 Å². The van der Waals surface area contributed by atoms with Gasteiger partial charge in [0.15, 0.2) is 0 Å². The molecular weight excluding hydrogens is 296 g/mol. The number of ether oxygens (including phenoxy) is 2. The number of hydrogen-bond donors (Lipinski definition) is 2. The fraction of sp³-hybridized carbons (Fsp3) is 0.429. The van der Waals surface area contributed by atoms with E-state index in [4.69, 9.17) is 21.1 Å². The lowest BCUT2D eigenvalue weighted by atomic mass is 10.2. The molecule has 21 heavy (non-hydrogen) atoms. The molecule has 0 unspecified atom stereocenters. The minimum absolute atomic E-state index is 0.0136. The van der Waals surface area contributed by atoms with Crippen LogP contribution in [-0.4, -0.2) is 30.3 Å². The van der Waals surface area contributed by atoms with Crippen molar-refractivity contribution in [1.82, 2.24) is 5.32 Å². The van der Waals surface area contributed by atoms with Gasteiger partial charge >= 0.3 is 6.09 Å². The number of fused-ring (bicyclic) bond motifs is 1. The molecule has 0 saturated carbocycles. The second-order valence-corrected chi connectivity index (χ2v) is 6.08. The molecule has 0 fully saturated rings. The molecule has 7 heteroatoms. The maximum Gasteiger partial charge on any atom is 0.408 e. The van der Waals surface area contributed by atoms with Crippen LogP contribution in [0, 0.1) is 0 Å². The van der Waals surface area contributed by atoms with Crippen LogP contribution in [0.15, 0.2) is 18.2 Å². The van der Waals surface area contributed by atoms with Crippen molar-refractivity contribution in [2.75, 3.05) is 11.9 Å². The second-order valence-electron chi connectivity index (χ2n) is 5.64. The Labute approximate surface area is 127 Å². The van der Waals surface area contributed by atoms with Crippen LogP contribution in [0.25, 0.3) is 0 Å². The number of anilines is 1. The van der Waals surface area contributed by atoms with E-state index in [2.05, 4.69) is 10.6 Å². The van der Waals surface area contributed by atoms with Gasteiger partial charge in [-0.15, -0.1) is 0 Å². The van der Waals surface area contributed by atoms with Crippen molar-refractivity contribution < 1.29 is 19.1 Å². The van der Waals surface area contributed by atoms with E-state index in [-0.39, 0.29) is 12.5 Å². The molecule has 1 aromatic carbocycles. The quantitative estimate of drug-likeness (QED) is 0.835. The molecular formula is C14H17ClN2O4. The number of nitrogens with one attached hydrogen (secondary N) is 2. The summed E-state index contributed by atoms with van der Waals surface area (Å²) in [6.07, 6.45) is -0.671. The summed E-state index contributed by atoms with van der Waals surface area (Å²) in [6, 6.07) is 4.07. The molecule has 1 atom stereocenters. The van der Waals surface area contributed by atoms with Crippen molar-refractivity contribution in [2.45, 2.75) is 32.4 Å². The third-order valence-electron chi connectivity index (χ3n) is 2.61. The number of carbonyl (C=O) groups excluding carboxylic acids is 2. The zero-order valence-electron chi connectivity index (χ0n) is 12.0. The van der Waals surface area contributed by atoms with E-state index >= 15 is 0 Å². The molecule has 114 valence electrons. The average Bonchev–Trinajstić information content (AvgIpc) is 2.47. The van der Waals surface area contributed by atoms with E-state index in [0.29, 0.717) is 16.5 Å². The van der Waals surface area contributed by atoms with Crippen LogP contribution in [-0.2, 0) is 9.53 Å². The lowest BCUT2D eigenvalue weighted by molar-refractivity contribution is -0.118. The molecule has 0 aromatic heterocycles. The summed E-state index contributed by atoms with van der Waals surface area (Å²) in [6.45, 7) is 5.25. The predicted octanol–water partition coefficient (Wildman–Crippen LogP) is 2.56. The summed E-state index contributed by atoms with van der Waals surface area (Å²) in [5.41, 5.74) is -0.163. The largest absolute Gasteiger partial charge is 0.489 e. The first-order chi connectivity index (χ1) is 9.74. The Balaban J connectivity index is 2.05. The minimum atomic E-state index is -0.842. The van der Waals surface area contributed by atoms with Gasteiger partial charge in [0.05, 0.1) is 5.69 Å². The Morgan fingerprint density at radius 2 is 2.19 bits per heavy atom. The van der Waals surface area contributed by atoms with Gasteiger partial charge in [-0.1, -0.05) is 11.6 Å². The van der Waals surface area contributed by atoms with Crippen molar-refractivity contribution in [1.29, 1.82) is 0 Å². The normalized spacial score (nSPS) is 17.9. The molecule has 1 aliphatic heterocycles. The molecule has 6 nitrogen and oxygen atoms in total. The van der Waals surface area contributed by atoms with Crippen LogP contribution in [0.1, 0.15) is 20.8 Å². The zero-order valence-corrected chi connectivity index (χ0v) is 12.8. The molecule has 1 heterocycles. The molecule has 2 N–H and O–H groups in total. The van der Waals surface area contributed by atoms with Crippen molar-refractivity contribution in [3.8, 4) is 5.75 Å². The van der Waals surface area contributed by atoms with Crippen molar-refractivity contribution >= 4 is 29.3 Å². The third-order valence-corrected chi connectivity index (χ3v) is 2.85. The standard InChI is InChI=1S/C14H17ClN2O4/c1-14(2,3)21-13(19)17-10-7-20-11-5-4-8(15)6-9(11)16-12(10)18/h4-6,10H,7H2,1-3H3,(H,16,18)(H,17,19)/t10-/m0/s1. The van der Waals surface area contributed by atoms with Gasteiger partial charge < -0.3 is 20.1 Å². The Hall–Kier alpha value is -1.95. The highest BCUT2D eigenvalue weighted by atomic mass is 35.5. The van der Waals surface area contributed by atoms with E-state index < -0.39 is 17.7 Å². The highest BCUT2D eigenvalue weighted by Crippen LogP contribution is 2.29. The fourth-order valence-corrected chi connectivity index (χ4v) is 1.92. The molecule has 0 saturated heterocycles. The van der Waals surface area contributed by atoms with Gasteiger partial charge in [0.2, 0.25) is 0 Å². The van der Waals surface area contributed by atoms with E-state index in [9.17, 15) is 9.59 Å². The lowest BCUT2D eigenvalue weighted by Gasteiger charge is -2.22. The number of rotatable bonds is 1. The van der Waals surface area contributed by atoms with E-state index in [0.717, 1.165) is 0 Å². The summed E-state index contributed by atoms with van der Waals surface area (Å²) in [4.78, 5) is 23.8. The van der Waals surface area contributed by atoms with Crippen LogP contribution in [0.3, 0.4) is 0 Å². The molecule has 2 amide bonds. The molecule has 0 aliphatic carbocycles. The molecule has 1 aromatic rings. The van der Waals surface area contributed by atoms with Crippen LogP contribution >= 0.6 is 11.6 Å². The van der Waals surface area contributed by atoms with Gasteiger partial charge in [0.1, 0.15) is 24.0 Å². The van der Waals surface area contributed by atoms with E-state index in [1.54, 1.807) is 39.0 Å². The first-order valence-corrected chi connectivity index (χ1v) is 6.85. The number of hydrogen-bond acceptors (Lipinski definition) is 4. The van der Waals surface area contributed by atoms with E-state index in [1.807, 2.05) is 0 Å². The maximum atomic E-state index is 12.1. The Morgan fingerprint density at radius 1 is 1.48 bits per heavy atom. The fourth-order valence-electron chi connectivity index (χ4n) is 1.75. The number of amides is 2. The molecule has 2 rings (SSSR count). The first kappa shape index (κ1) is 15.4. The SMILES string of the molecule is CC(C)(C)OC(=O)N[C@H]1COc2ccc(Cl)cc2NC1=O. The Bertz CT molecular complexity index is 569. The second kappa shape index (κ2) is 5.81. The van der Waals surface area contributed by atoms with Crippen LogP contribution in [0.2, 0.25) is 5.02 Å². The van der Waals surface area contributed by atoms with E-state index in [1.165, 1.54) is 0 Å². The van der Waals surface area contributed by atoms with Crippen molar-refractivity contribution in [2.24, 2.45) is 0 Å². The van der Waals surface area contributed by atoms with Crippen molar-refractivity contribution in [3.05, 3.63) is 23.2 Å². The summed E-state index contributed by atoms with van der Waals surface area (Å²) in [5.74, 6) is 0.114. The summed E-state index contributed by atoms with van der Waals surface area (Å²) in [5, 5.41) is 5.63. The maximum absolute atomic E-state index is 12.1. The molecule has 1 aliphatic rings. The number of benzene rings is 1. The lowest BCUT2D eigenvalue weighted by Crippen LogP contribution is -2.48. The molecule has 0 bridgehead atoms. The zero-order chi connectivity index (χ0) is 15.6. The third kappa shape index (κ3) is 4.26. The highest BCUT2D eigenvalue weighted by molar-refractivity contribution is 6.31. The smallest absolute Gasteiger partial charge is 0.408 e. The van der Waals surface area contributed by atoms with Gasteiger partial charge in [-0.05, 0) is 39.0 Å². The van der Waals surface area contributed by atoms with Crippen LogP contribution < -0.4 is 15.4 Å². The summed E-state index contributed by atoms with van der Waals surface area (Å²) < 4.78 is 10.6. The van der Waals surface area contributed by atoms with Gasteiger partial charge in [-0.2, -0.15) is 0 Å².